The van der Waals surface area contributed by atoms with E-state index in [1.54, 1.807) is 17.4 Å². The number of nitrogens with two attached hydrogens (primary N) is 1. The van der Waals surface area contributed by atoms with Gasteiger partial charge in [-0.05, 0) is 47.1 Å². The SMILES string of the molecule is Cc1cc2c(Nc3cc(F)ccc3Br)nc(N)nc2s1. The van der Waals surface area contributed by atoms with Crippen molar-refractivity contribution < 1.29 is 4.39 Å². The summed E-state index contributed by atoms with van der Waals surface area (Å²) in [7, 11) is 0. The highest BCUT2D eigenvalue weighted by Gasteiger charge is 2.11. The molecule has 2 aromatic heterocycles. The van der Waals surface area contributed by atoms with Gasteiger partial charge in [-0.1, -0.05) is 0 Å². The molecule has 0 fully saturated rings. The smallest absolute Gasteiger partial charge is 0.223 e. The number of thiophene rings is 1. The number of benzene rings is 1. The van der Waals surface area contributed by atoms with Crippen molar-refractivity contribution in [1.82, 2.24) is 9.97 Å². The van der Waals surface area contributed by atoms with Gasteiger partial charge in [0.1, 0.15) is 16.5 Å². The van der Waals surface area contributed by atoms with Gasteiger partial charge in [-0.3, -0.25) is 0 Å². The first kappa shape index (κ1) is 13.3. The summed E-state index contributed by atoms with van der Waals surface area (Å²) in [4.78, 5) is 10.3. The lowest BCUT2D eigenvalue weighted by atomic mass is 10.3. The number of aromatic nitrogens is 2. The van der Waals surface area contributed by atoms with Crippen molar-refractivity contribution in [2.24, 2.45) is 0 Å². The third-order valence-corrected chi connectivity index (χ3v) is 4.35. The van der Waals surface area contributed by atoms with Crippen molar-refractivity contribution >= 4 is 54.9 Å². The molecule has 1 aromatic carbocycles. The minimum absolute atomic E-state index is 0.189. The third-order valence-electron chi connectivity index (χ3n) is 2.71. The molecule has 0 unspecified atom stereocenters. The molecule has 2 heterocycles. The molecule has 0 aliphatic heterocycles. The lowest BCUT2D eigenvalue weighted by Crippen LogP contribution is -2.00. The van der Waals surface area contributed by atoms with Crippen molar-refractivity contribution in [3.8, 4) is 0 Å². The van der Waals surface area contributed by atoms with Gasteiger partial charge < -0.3 is 11.1 Å². The Morgan fingerprint density at radius 3 is 2.90 bits per heavy atom. The molecule has 0 aliphatic rings. The zero-order valence-electron chi connectivity index (χ0n) is 10.4. The fourth-order valence-electron chi connectivity index (χ4n) is 1.87. The molecule has 0 spiro atoms. The quantitative estimate of drug-likeness (QED) is 0.724. The highest BCUT2D eigenvalue weighted by Crippen LogP contribution is 2.33. The number of fused-ring (bicyclic) bond motifs is 1. The van der Waals surface area contributed by atoms with Crippen LogP contribution >= 0.6 is 27.3 Å². The maximum atomic E-state index is 13.3. The van der Waals surface area contributed by atoms with Gasteiger partial charge in [0, 0.05) is 9.35 Å². The van der Waals surface area contributed by atoms with Crippen LogP contribution in [-0.4, -0.2) is 9.97 Å². The number of hydrogen-bond donors (Lipinski definition) is 2. The molecule has 0 aliphatic carbocycles. The highest BCUT2D eigenvalue weighted by molar-refractivity contribution is 9.10. The minimum Gasteiger partial charge on any atom is -0.368 e. The molecular formula is C13H10BrFN4S. The first-order valence-corrected chi connectivity index (χ1v) is 7.39. The Balaban J connectivity index is 2.12. The van der Waals surface area contributed by atoms with E-state index < -0.39 is 0 Å². The van der Waals surface area contributed by atoms with Crippen molar-refractivity contribution in [1.29, 1.82) is 0 Å². The minimum atomic E-state index is -0.324. The summed E-state index contributed by atoms with van der Waals surface area (Å²) in [5.74, 6) is 0.438. The van der Waals surface area contributed by atoms with E-state index in [-0.39, 0.29) is 11.8 Å². The molecule has 0 bridgehead atoms. The topological polar surface area (TPSA) is 63.8 Å². The average Bonchev–Trinajstić information content (AvgIpc) is 2.74. The van der Waals surface area contributed by atoms with Crippen molar-refractivity contribution in [2.45, 2.75) is 6.92 Å². The number of hydrogen-bond acceptors (Lipinski definition) is 5. The number of anilines is 3. The summed E-state index contributed by atoms with van der Waals surface area (Å²) in [6, 6.07) is 6.40. The van der Waals surface area contributed by atoms with Crippen LogP contribution in [0.3, 0.4) is 0 Å². The van der Waals surface area contributed by atoms with E-state index in [9.17, 15) is 4.39 Å². The fraction of sp³-hybridized carbons (Fsp3) is 0.0769. The molecule has 0 saturated heterocycles. The van der Waals surface area contributed by atoms with Gasteiger partial charge in [-0.2, -0.15) is 4.98 Å². The van der Waals surface area contributed by atoms with E-state index >= 15 is 0 Å². The maximum absolute atomic E-state index is 13.3. The van der Waals surface area contributed by atoms with Crippen molar-refractivity contribution in [3.05, 3.63) is 39.4 Å². The van der Waals surface area contributed by atoms with E-state index in [1.165, 1.54) is 12.1 Å². The van der Waals surface area contributed by atoms with Gasteiger partial charge in [-0.25, -0.2) is 9.37 Å². The number of rotatable bonds is 2. The van der Waals surface area contributed by atoms with Gasteiger partial charge in [0.05, 0.1) is 11.1 Å². The number of nitrogens with one attached hydrogen (secondary N) is 1. The van der Waals surface area contributed by atoms with Crippen LogP contribution < -0.4 is 11.1 Å². The van der Waals surface area contributed by atoms with Crippen LogP contribution in [0.25, 0.3) is 10.2 Å². The van der Waals surface area contributed by atoms with E-state index in [0.717, 1.165) is 19.6 Å². The first-order chi connectivity index (χ1) is 9.52. The second-order valence-electron chi connectivity index (χ2n) is 4.26. The average molecular weight is 353 g/mol. The summed E-state index contributed by atoms with van der Waals surface area (Å²) >= 11 is 4.92. The zero-order chi connectivity index (χ0) is 14.3. The molecule has 3 aromatic rings. The number of nitrogens with zero attached hydrogens (tertiary/aromatic N) is 2. The lowest BCUT2D eigenvalue weighted by molar-refractivity contribution is 0.628. The molecule has 3 N–H and O–H groups in total. The fourth-order valence-corrected chi connectivity index (χ4v) is 3.11. The van der Waals surface area contributed by atoms with Crippen LogP contribution in [0.1, 0.15) is 4.88 Å². The number of nitrogen functional groups attached to an aromatic ring is 1. The summed E-state index contributed by atoms with van der Waals surface area (Å²) in [6.45, 7) is 1.99. The normalized spacial score (nSPS) is 10.9. The summed E-state index contributed by atoms with van der Waals surface area (Å²) in [5, 5.41) is 3.97. The van der Waals surface area contributed by atoms with Crippen LogP contribution in [0.5, 0.6) is 0 Å². The van der Waals surface area contributed by atoms with Gasteiger partial charge in [-0.15, -0.1) is 11.3 Å². The second-order valence-corrected chi connectivity index (χ2v) is 6.34. The van der Waals surface area contributed by atoms with E-state index in [4.69, 9.17) is 5.73 Å². The summed E-state index contributed by atoms with van der Waals surface area (Å²) in [6.07, 6.45) is 0. The summed E-state index contributed by atoms with van der Waals surface area (Å²) < 4.78 is 14.1. The van der Waals surface area contributed by atoms with Gasteiger partial charge in [0.25, 0.3) is 0 Å². The van der Waals surface area contributed by atoms with E-state index in [2.05, 4.69) is 31.2 Å². The van der Waals surface area contributed by atoms with Gasteiger partial charge in [0.2, 0.25) is 5.95 Å². The van der Waals surface area contributed by atoms with Crippen LogP contribution in [-0.2, 0) is 0 Å². The molecule has 7 heteroatoms. The second kappa shape index (κ2) is 4.99. The Morgan fingerprint density at radius 1 is 1.30 bits per heavy atom. The largest absolute Gasteiger partial charge is 0.368 e. The summed E-state index contributed by atoms with van der Waals surface area (Å²) in [5.41, 5.74) is 6.31. The van der Waals surface area contributed by atoms with Crippen LogP contribution in [0.4, 0.5) is 21.8 Å². The van der Waals surface area contributed by atoms with Gasteiger partial charge >= 0.3 is 0 Å². The number of aryl methyl sites for hydroxylation is 1. The highest BCUT2D eigenvalue weighted by atomic mass is 79.9. The molecule has 102 valence electrons. The monoisotopic (exact) mass is 352 g/mol. The van der Waals surface area contributed by atoms with Crippen LogP contribution in [0, 0.1) is 12.7 Å². The molecule has 0 atom stereocenters. The Hall–Kier alpha value is -1.73. The van der Waals surface area contributed by atoms with E-state index in [0.29, 0.717) is 11.5 Å². The van der Waals surface area contributed by atoms with E-state index in [1.807, 2.05) is 13.0 Å². The first-order valence-electron chi connectivity index (χ1n) is 5.78. The standard InChI is InChI=1S/C13H10BrFN4S/c1-6-4-8-11(18-13(16)19-12(8)20-6)17-10-5-7(15)2-3-9(10)14/h2-5H,1H3,(H3,16,17,18,19). The lowest BCUT2D eigenvalue weighted by Gasteiger charge is -2.09. The molecule has 3 rings (SSSR count). The van der Waals surface area contributed by atoms with Crippen molar-refractivity contribution in [3.63, 3.8) is 0 Å². The molecule has 4 nitrogen and oxygen atoms in total. The van der Waals surface area contributed by atoms with Crippen molar-refractivity contribution in [2.75, 3.05) is 11.1 Å². The Bertz CT molecular complexity index is 802. The van der Waals surface area contributed by atoms with Crippen LogP contribution in [0.2, 0.25) is 0 Å². The Kier molecular flexibility index (Phi) is 3.31. The molecule has 0 saturated carbocycles. The molecular weight excluding hydrogens is 343 g/mol. The number of halogens is 2. The molecule has 0 amide bonds. The Labute approximate surface area is 127 Å². The third kappa shape index (κ3) is 2.46. The predicted octanol–water partition coefficient (Wildman–Crippen LogP) is 4.23. The maximum Gasteiger partial charge on any atom is 0.223 e. The predicted molar refractivity (Wildman–Crippen MR) is 83.9 cm³/mol. The molecule has 0 radical (unpaired) electrons. The Morgan fingerprint density at radius 2 is 2.10 bits per heavy atom. The molecule has 20 heavy (non-hydrogen) atoms. The zero-order valence-corrected chi connectivity index (χ0v) is 12.8. The van der Waals surface area contributed by atoms with Crippen LogP contribution in [0.15, 0.2) is 28.7 Å². The van der Waals surface area contributed by atoms with Gasteiger partial charge in [0.15, 0.2) is 0 Å².